The molecule has 0 radical (unpaired) electrons. The molecule has 0 saturated carbocycles. The smallest absolute Gasteiger partial charge is 0.228 e. The Bertz CT molecular complexity index is 1270. The summed E-state index contributed by atoms with van der Waals surface area (Å²) in [5.41, 5.74) is 2.16. The first-order valence-electron chi connectivity index (χ1n) is 10.8. The first-order chi connectivity index (χ1) is 15.2. The zero-order valence-corrected chi connectivity index (χ0v) is 17.8. The van der Waals surface area contributed by atoms with E-state index in [1.54, 1.807) is 12.6 Å². The Labute approximate surface area is 181 Å². The second kappa shape index (κ2) is 8.04. The van der Waals surface area contributed by atoms with Crippen molar-refractivity contribution in [2.45, 2.75) is 26.3 Å². The van der Waals surface area contributed by atoms with Crippen molar-refractivity contribution < 1.29 is 9.15 Å². The molecule has 6 heteroatoms. The summed E-state index contributed by atoms with van der Waals surface area (Å²) in [4.78, 5) is 6.98. The van der Waals surface area contributed by atoms with Crippen LogP contribution in [0.25, 0.3) is 10.8 Å². The van der Waals surface area contributed by atoms with Gasteiger partial charge in [-0.25, -0.2) is 4.98 Å². The van der Waals surface area contributed by atoms with E-state index in [0.29, 0.717) is 17.9 Å². The van der Waals surface area contributed by atoms with Crippen LogP contribution in [0.15, 0.2) is 65.5 Å². The molecule has 0 fully saturated rings. The fourth-order valence-electron chi connectivity index (χ4n) is 4.41. The van der Waals surface area contributed by atoms with Crippen LogP contribution in [0.5, 0.6) is 11.6 Å². The van der Waals surface area contributed by atoms with Crippen LogP contribution in [0.2, 0.25) is 0 Å². The van der Waals surface area contributed by atoms with E-state index < -0.39 is 0 Å². The average Bonchev–Trinajstić information content (AvgIpc) is 3.34. The van der Waals surface area contributed by atoms with Crippen molar-refractivity contribution in [3.8, 4) is 11.6 Å². The normalized spacial score (nSPS) is 15.0. The molecule has 31 heavy (non-hydrogen) atoms. The van der Waals surface area contributed by atoms with Gasteiger partial charge >= 0.3 is 0 Å². The van der Waals surface area contributed by atoms with Gasteiger partial charge in [-0.2, -0.15) is 0 Å². The first kappa shape index (κ1) is 19.6. The Hall–Kier alpha value is -3.38. The molecule has 0 saturated heterocycles. The molecule has 2 aromatic carbocycles. The molecule has 1 aliphatic heterocycles. The number of benzene rings is 2. The molecule has 1 aliphatic rings. The lowest BCUT2D eigenvalue weighted by molar-refractivity contribution is 0.286. The SMILES string of the molecule is CCN(CC)CCn1cnc2c(c1=N)[C@@H](c1ccco1)c1ccc3ccccc3c1O2. The van der Waals surface area contributed by atoms with Gasteiger partial charge in [0, 0.05) is 24.0 Å². The number of hydrogen-bond acceptors (Lipinski definition) is 5. The summed E-state index contributed by atoms with van der Waals surface area (Å²) in [5.74, 6) is 1.83. The molecule has 3 heterocycles. The quantitative estimate of drug-likeness (QED) is 0.436. The zero-order chi connectivity index (χ0) is 21.4. The van der Waals surface area contributed by atoms with Crippen molar-refractivity contribution in [2.24, 2.45) is 0 Å². The molecule has 5 rings (SSSR count). The van der Waals surface area contributed by atoms with Gasteiger partial charge in [-0.1, -0.05) is 50.2 Å². The highest BCUT2D eigenvalue weighted by Gasteiger charge is 2.34. The van der Waals surface area contributed by atoms with E-state index in [0.717, 1.165) is 53.0 Å². The second-order valence-electron chi connectivity index (χ2n) is 7.79. The van der Waals surface area contributed by atoms with Gasteiger partial charge in [0.25, 0.3) is 0 Å². The molecule has 0 unspecified atom stereocenters. The van der Waals surface area contributed by atoms with Crippen LogP contribution in [0.1, 0.15) is 36.7 Å². The van der Waals surface area contributed by atoms with E-state index >= 15 is 0 Å². The van der Waals surface area contributed by atoms with E-state index in [2.05, 4.69) is 48.0 Å². The maximum Gasteiger partial charge on any atom is 0.228 e. The number of nitrogens with zero attached hydrogens (tertiary/aromatic N) is 3. The van der Waals surface area contributed by atoms with Gasteiger partial charge in [0.15, 0.2) is 0 Å². The standard InChI is InChI=1S/C25H26N4O2/c1-3-28(4-2)13-14-29-16-27-25-22(24(29)26)21(20-10-7-15-30-20)19-12-11-17-8-5-6-9-18(17)23(19)31-25/h5-12,15-16,21,26H,3-4,13-14H2,1-2H3/t21-/m1/s1. The molecular weight excluding hydrogens is 388 g/mol. The fourth-order valence-corrected chi connectivity index (χ4v) is 4.41. The van der Waals surface area contributed by atoms with E-state index in [1.807, 2.05) is 28.8 Å². The lowest BCUT2D eigenvalue weighted by Gasteiger charge is -2.28. The van der Waals surface area contributed by atoms with Crippen LogP contribution < -0.4 is 10.2 Å². The topological polar surface area (TPSA) is 67.3 Å². The van der Waals surface area contributed by atoms with Crippen LogP contribution in [-0.4, -0.2) is 34.1 Å². The molecule has 158 valence electrons. The lowest BCUT2D eigenvalue weighted by atomic mass is 9.86. The highest BCUT2D eigenvalue weighted by Crippen LogP contribution is 2.47. The minimum atomic E-state index is -0.237. The number of likely N-dealkylation sites (N-methyl/N-ethyl adjacent to an activating group) is 1. The minimum Gasteiger partial charge on any atom is -0.468 e. The lowest BCUT2D eigenvalue weighted by Crippen LogP contribution is -2.34. The fraction of sp³-hybridized carbons (Fsp3) is 0.280. The summed E-state index contributed by atoms with van der Waals surface area (Å²) in [6, 6.07) is 16.2. The van der Waals surface area contributed by atoms with Crippen molar-refractivity contribution in [1.29, 1.82) is 5.41 Å². The number of nitrogens with one attached hydrogen (secondary N) is 1. The highest BCUT2D eigenvalue weighted by molar-refractivity contribution is 5.91. The van der Waals surface area contributed by atoms with Crippen molar-refractivity contribution >= 4 is 10.8 Å². The van der Waals surface area contributed by atoms with Gasteiger partial charge in [-0.3, -0.25) is 5.41 Å². The van der Waals surface area contributed by atoms with Gasteiger partial charge in [0.05, 0.1) is 17.7 Å². The van der Waals surface area contributed by atoms with Gasteiger partial charge in [0.1, 0.15) is 23.3 Å². The maximum absolute atomic E-state index is 9.00. The largest absolute Gasteiger partial charge is 0.468 e. The second-order valence-corrected chi connectivity index (χ2v) is 7.79. The van der Waals surface area contributed by atoms with E-state index in [9.17, 15) is 0 Å². The first-order valence-corrected chi connectivity index (χ1v) is 10.8. The number of hydrogen-bond donors (Lipinski definition) is 1. The minimum absolute atomic E-state index is 0.237. The van der Waals surface area contributed by atoms with Gasteiger partial charge in [-0.05, 0) is 30.6 Å². The predicted octanol–water partition coefficient (Wildman–Crippen LogP) is 4.74. The maximum atomic E-state index is 9.00. The van der Waals surface area contributed by atoms with Gasteiger partial charge in [0.2, 0.25) is 5.88 Å². The highest BCUT2D eigenvalue weighted by atomic mass is 16.5. The summed E-state index contributed by atoms with van der Waals surface area (Å²) >= 11 is 0. The molecule has 6 nitrogen and oxygen atoms in total. The third-order valence-corrected chi connectivity index (χ3v) is 6.17. The van der Waals surface area contributed by atoms with Crippen molar-refractivity contribution in [3.63, 3.8) is 0 Å². The van der Waals surface area contributed by atoms with Crippen molar-refractivity contribution in [3.05, 3.63) is 83.5 Å². The van der Waals surface area contributed by atoms with Gasteiger partial charge < -0.3 is 18.6 Å². The molecule has 0 bridgehead atoms. The molecule has 1 N–H and O–H groups in total. The van der Waals surface area contributed by atoms with Crippen LogP contribution >= 0.6 is 0 Å². The molecule has 0 aliphatic carbocycles. The Kier molecular flexibility index (Phi) is 5.08. The Balaban J connectivity index is 1.66. The van der Waals surface area contributed by atoms with E-state index in [-0.39, 0.29) is 5.92 Å². The summed E-state index contributed by atoms with van der Waals surface area (Å²) < 4.78 is 14.1. The van der Waals surface area contributed by atoms with E-state index in [4.69, 9.17) is 14.6 Å². The predicted molar refractivity (Wildman–Crippen MR) is 120 cm³/mol. The molecule has 0 spiro atoms. The third kappa shape index (κ3) is 3.33. The molecular formula is C25H26N4O2. The van der Waals surface area contributed by atoms with Crippen molar-refractivity contribution in [1.82, 2.24) is 14.5 Å². The molecule has 0 amide bonds. The summed E-state index contributed by atoms with van der Waals surface area (Å²) in [6.45, 7) is 7.86. The van der Waals surface area contributed by atoms with Crippen LogP contribution in [-0.2, 0) is 6.54 Å². The van der Waals surface area contributed by atoms with E-state index in [1.165, 1.54) is 0 Å². The molecule has 2 aromatic heterocycles. The Morgan fingerprint density at radius 1 is 1.06 bits per heavy atom. The Morgan fingerprint density at radius 3 is 2.68 bits per heavy atom. The average molecular weight is 415 g/mol. The third-order valence-electron chi connectivity index (χ3n) is 6.17. The summed E-state index contributed by atoms with van der Waals surface area (Å²) in [5, 5.41) is 11.1. The number of aromatic nitrogens is 2. The number of fused-ring (bicyclic) bond motifs is 4. The van der Waals surface area contributed by atoms with Crippen LogP contribution in [0.3, 0.4) is 0 Å². The summed E-state index contributed by atoms with van der Waals surface area (Å²) in [6.07, 6.45) is 3.40. The molecule has 1 atom stereocenters. The van der Waals surface area contributed by atoms with Crippen molar-refractivity contribution in [2.75, 3.05) is 19.6 Å². The summed E-state index contributed by atoms with van der Waals surface area (Å²) in [7, 11) is 0. The number of furan rings is 1. The monoisotopic (exact) mass is 414 g/mol. The Morgan fingerprint density at radius 2 is 1.90 bits per heavy atom. The number of ether oxygens (including phenoxy) is 1. The number of rotatable bonds is 6. The van der Waals surface area contributed by atoms with Crippen LogP contribution in [0.4, 0.5) is 0 Å². The molecule has 4 aromatic rings. The van der Waals surface area contributed by atoms with Gasteiger partial charge in [-0.15, -0.1) is 0 Å². The van der Waals surface area contributed by atoms with Crippen LogP contribution in [0, 0.1) is 5.41 Å². The zero-order valence-electron chi connectivity index (χ0n) is 17.8.